The Morgan fingerprint density at radius 1 is 0.947 bits per heavy atom. The van der Waals surface area contributed by atoms with Gasteiger partial charge in [0, 0.05) is 6.04 Å². The number of hydrogen-bond donors (Lipinski definition) is 1. The van der Waals surface area contributed by atoms with E-state index in [1.807, 2.05) is 0 Å². The van der Waals surface area contributed by atoms with E-state index < -0.39 is 0 Å². The molecule has 0 aromatic carbocycles. The van der Waals surface area contributed by atoms with Crippen molar-refractivity contribution in [2.75, 3.05) is 6.54 Å². The lowest BCUT2D eigenvalue weighted by atomic mass is 9.66. The van der Waals surface area contributed by atoms with Gasteiger partial charge in [0.15, 0.2) is 0 Å². The van der Waals surface area contributed by atoms with Crippen LogP contribution in [0.1, 0.15) is 71.6 Å². The highest BCUT2D eigenvalue weighted by Crippen LogP contribution is 2.46. The molecule has 0 aromatic heterocycles. The molecule has 3 saturated carbocycles. The van der Waals surface area contributed by atoms with Crippen LogP contribution in [-0.4, -0.2) is 12.6 Å². The van der Waals surface area contributed by atoms with Gasteiger partial charge in [-0.05, 0) is 68.2 Å². The van der Waals surface area contributed by atoms with E-state index in [0.29, 0.717) is 0 Å². The van der Waals surface area contributed by atoms with E-state index in [9.17, 15) is 0 Å². The van der Waals surface area contributed by atoms with Gasteiger partial charge in [0.1, 0.15) is 0 Å². The Labute approximate surface area is 119 Å². The van der Waals surface area contributed by atoms with Crippen LogP contribution < -0.4 is 5.32 Å². The molecule has 0 saturated heterocycles. The standard InChI is InChI=1S/C18H33N/c1-13(2)15-7-8-16(12-19-17-9-10-17)18(11-15)14-5-3-4-6-14/h13-19H,3-12H2,1-2H3. The van der Waals surface area contributed by atoms with Crippen molar-refractivity contribution in [3.05, 3.63) is 0 Å². The lowest BCUT2D eigenvalue weighted by molar-refractivity contribution is 0.0986. The Morgan fingerprint density at radius 2 is 1.68 bits per heavy atom. The smallest absolute Gasteiger partial charge is 0.00683 e. The topological polar surface area (TPSA) is 12.0 Å². The molecule has 0 aliphatic heterocycles. The summed E-state index contributed by atoms with van der Waals surface area (Å²) in [6, 6.07) is 0.895. The first-order valence-corrected chi connectivity index (χ1v) is 8.97. The first kappa shape index (κ1) is 13.9. The average Bonchev–Trinajstić information content (AvgIpc) is 3.08. The fraction of sp³-hybridized carbons (Fsp3) is 1.00. The van der Waals surface area contributed by atoms with E-state index in [1.54, 1.807) is 6.42 Å². The molecule has 0 spiro atoms. The highest BCUT2D eigenvalue weighted by Gasteiger charge is 2.37. The first-order valence-electron chi connectivity index (χ1n) is 8.97. The van der Waals surface area contributed by atoms with Crippen LogP contribution in [0, 0.1) is 29.6 Å². The fourth-order valence-corrected chi connectivity index (χ4v) is 4.73. The Morgan fingerprint density at radius 3 is 2.32 bits per heavy atom. The first-order chi connectivity index (χ1) is 9.24. The second-order valence-corrected chi connectivity index (χ2v) is 7.97. The maximum Gasteiger partial charge on any atom is 0.00683 e. The van der Waals surface area contributed by atoms with Crippen LogP contribution in [0.4, 0.5) is 0 Å². The maximum atomic E-state index is 3.82. The van der Waals surface area contributed by atoms with Crippen molar-refractivity contribution < 1.29 is 0 Å². The SMILES string of the molecule is CC(C)C1CCC(CNC2CC2)C(C2CCCC2)C1. The van der Waals surface area contributed by atoms with Crippen molar-refractivity contribution >= 4 is 0 Å². The maximum absolute atomic E-state index is 3.82. The second kappa shape index (κ2) is 6.16. The molecule has 19 heavy (non-hydrogen) atoms. The van der Waals surface area contributed by atoms with Crippen molar-refractivity contribution in [1.29, 1.82) is 0 Å². The van der Waals surface area contributed by atoms with Crippen LogP contribution >= 0.6 is 0 Å². The Hall–Kier alpha value is -0.0400. The number of rotatable bonds is 5. The summed E-state index contributed by atoms with van der Waals surface area (Å²) >= 11 is 0. The summed E-state index contributed by atoms with van der Waals surface area (Å²) < 4.78 is 0. The van der Waals surface area contributed by atoms with E-state index in [2.05, 4.69) is 19.2 Å². The molecule has 3 aliphatic rings. The van der Waals surface area contributed by atoms with Gasteiger partial charge in [0.25, 0.3) is 0 Å². The second-order valence-electron chi connectivity index (χ2n) is 7.97. The van der Waals surface area contributed by atoms with Crippen LogP contribution in [0.2, 0.25) is 0 Å². The lowest BCUT2D eigenvalue weighted by Crippen LogP contribution is -2.38. The largest absolute Gasteiger partial charge is 0.314 e. The molecule has 3 rings (SSSR count). The van der Waals surface area contributed by atoms with E-state index in [-0.39, 0.29) is 0 Å². The van der Waals surface area contributed by atoms with Gasteiger partial charge < -0.3 is 5.32 Å². The molecule has 0 amide bonds. The van der Waals surface area contributed by atoms with Crippen molar-refractivity contribution in [3.63, 3.8) is 0 Å². The summed E-state index contributed by atoms with van der Waals surface area (Å²) in [6.07, 6.45) is 13.5. The van der Waals surface area contributed by atoms with Gasteiger partial charge >= 0.3 is 0 Å². The monoisotopic (exact) mass is 263 g/mol. The molecule has 1 heteroatoms. The molecule has 1 N–H and O–H groups in total. The van der Waals surface area contributed by atoms with Crippen molar-refractivity contribution in [1.82, 2.24) is 5.32 Å². The molecule has 1 nitrogen and oxygen atoms in total. The average molecular weight is 263 g/mol. The minimum absolute atomic E-state index is 0.895. The van der Waals surface area contributed by atoms with Gasteiger partial charge in [0.2, 0.25) is 0 Å². The molecule has 0 aromatic rings. The lowest BCUT2D eigenvalue weighted by Gasteiger charge is -2.41. The van der Waals surface area contributed by atoms with Crippen LogP contribution in [0.5, 0.6) is 0 Å². The van der Waals surface area contributed by atoms with Gasteiger partial charge in [-0.25, -0.2) is 0 Å². The molecule has 110 valence electrons. The van der Waals surface area contributed by atoms with Crippen LogP contribution in [0.15, 0.2) is 0 Å². The molecular weight excluding hydrogens is 230 g/mol. The number of nitrogens with one attached hydrogen (secondary N) is 1. The van der Waals surface area contributed by atoms with Crippen molar-refractivity contribution in [2.45, 2.75) is 77.7 Å². The Balaban J connectivity index is 1.59. The zero-order valence-corrected chi connectivity index (χ0v) is 13.0. The summed E-state index contributed by atoms with van der Waals surface area (Å²) in [4.78, 5) is 0. The zero-order valence-electron chi connectivity index (χ0n) is 13.0. The predicted molar refractivity (Wildman–Crippen MR) is 82.1 cm³/mol. The minimum atomic E-state index is 0.895. The minimum Gasteiger partial charge on any atom is -0.314 e. The summed E-state index contributed by atoms with van der Waals surface area (Å²) in [5.74, 6) is 5.05. The van der Waals surface area contributed by atoms with E-state index in [0.717, 1.165) is 35.6 Å². The molecule has 3 atom stereocenters. The molecule has 3 aliphatic carbocycles. The van der Waals surface area contributed by atoms with Crippen LogP contribution in [0.3, 0.4) is 0 Å². The third-order valence-corrected chi connectivity index (χ3v) is 6.28. The van der Waals surface area contributed by atoms with Gasteiger partial charge in [-0.2, -0.15) is 0 Å². The zero-order chi connectivity index (χ0) is 13.2. The quantitative estimate of drug-likeness (QED) is 0.763. The summed E-state index contributed by atoms with van der Waals surface area (Å²) in [7, 11) is 0. The Bertz CT molecular complexity index is 275. The van der Waals surface area contributed by atoms with Crippen LogP contribution in [0.25, 0.3) is 0 Å². The van der Waals surface area contributed by atoms with Crippen LogP contribution in [-0.2, 0) is 0 Å². The van der Waals surface area contributed by atoms with E-state index in [4.69, 9.17) is 0 Å². The summed E-state index contributed by atoms with van der Waals surface area (Å²) in [5, 5.41) is 3.82. The molecular formula is C18H33N. The third-order valence-electron chi connectivity index (χ3n) is 6.28. The number of hydrogen-bond acceptors (Lipinski definition) is 1. The highest BCUT2D eigenvalue weighted by molar-refractivity contribution is 4.90. The molecule has 3 unspecified atom stereocenters. The van der Waals surface area contributed by atoms with Crippen molar-refractivity contribution in [2.24, 2.45) is 29.6 Å². The summed E-state index contributed by atoms with van der Waals surface area (Å²) in [5.41, 5.74) is 0. The van der Waals surface area contributed by atoms with Gasteiger partial charge in [0.05, 0.1) is 0 Å². The van der Waals surface area contributed by atoms with Gasteiger partial charge in [-0.3, -0.25) is 0 Å². The fourth-order valence-electron chi connectivity index (χ4n) is 4.73. The van der Waals surface area contributed by atoms with Crippen molar-refractivity contribution in [3.8, 4) is 0 Å². The predicted octanol–water partition coefficient (Wildman–Crippen LogP) is 4.62. The van der Waals surface area contributed by atoms with Gasteiger partial charge in [-0.15, -0.1) is 0 Å². The molecule has 0 heterocycles. The van der Waals surface area contributed by atoms with Gasteiger partial charge in [-0.1, -0.05) is 39.5 Å². The third kappa shape index (κ3) is 3.54. The molecule has 3 fully saturated rings. The van der Waals surface area contributed by atoms with E-state index in [1.165, 1.54) is 57.9 Å². The summed E-state index contributed by atoms with van der Waals surface area (Å²) in [6.45, 7) is 6.22. The highest BCUT2D eigenvalue weighted by atomic mass is 14.9. The Kier molecular flexibility index (Phi) is 4.51. The molecule has 0 bridgehead atoms. The molecule has 0 radical (unpaired) electrons. The normalized spacial score (nSPS) is 37.1. The van der Waals surface area contributed by atoms with E-state index >= 15 is 0 Å².